The second-order valence-corrected chi connectivity index (χ2v) is 6.40. The Morgan fingerprint density at radius 2 is 2.29 bits per heavy atom. The molecule has 2 aliphatic rings. The van der Waals surface area contributed by atoms with Crippen molar-refractivity contribution in [1.82, 2.24) is 0 Å². The van der Waals surface area contributed by atoms with Gasteiger partial charge in [0.1, 0.15) is 5.60 Å². The highest BCUT2D eigenvalue weighted by atomic mass is 32.1. The van der Waals surface area contributed by atoms with Gasteiger partial charge in [-0.1, -0.05) is 13.8 Å². The smallest absolute Gasteiger partial charge is 0.111 e. The van der Waals surface area contributed by atoms with Gasteiger partial charge < -0.3 is 9.84 Å². The number of rotatable bonds is 2. The van der Waals surface area contributed by atoms with E-state index in [-0.39, 0.29) is 11.7 Å². The number of hydrogen-bond donors (Lipinski definition) is 1. The second kappa shape index (κ2) is 3.44. The molecule has 2 nitrogen and oxygen atoms in total. The zero-order valence-corrected chi connectivity index (χ0v) is 11.3. The lowest BCUT2D eigenvalue weighted by atomic mass is 9.73. The molecule has 1 aromatic heterocycles. The van der Waals surface area contributed by atoms with Crippen molar-refractivity contribution in [2.24, 2.45) is 5.92 Å². The van der Waals surface area contributed by atoms with Crippen molar-refractivity contribution in [2.75, 3.05) is 0 Å². The summed E-state index contributed by atoms with van der Waals surface area (Å²) < 4.78 is 6.22. The van der Waals surface area contributed by atoms with E-state index < -0.39 is 5.60 Å². The van der Waals surface area contributed by atoms with Crippen molar-refractivity contribution in [3.63, 3.8) is 0 Å². The molecule has 2 aliphatic heterocycles. The molecule has 2 bridgehead atoms. The van der Waals surface area contributed by atoms with Crippen LogP contribution in [0.5, 0.6) is 0 Å². The van der Waals surface area contributed by atoms with Gasteiger partial charge in [-0.2, -0.15) is 11.3 Å². The van der Waals surface area contributed by atoms with Crippen LogP contribution in [0.4, 0.5) is 0 Å². The molecule has 0 unspecified atom stereocenters. The molecular weight excluding hydrogens is 232 g/mol. The Kier molecular flexibility index (Phi) is 2.31. The Labute approximate surface area is 106 Å². The summed E-state index contributed by atoms with van der Waals surface area (Å²) in [4.78, 5) is 0. The Balaban J connectivity index is 2.12. The number of thiophene rings is 1. The SMILES string of the molecule is CC(C)[C@]12C[C@@H](O)[C@](C)(C=C1c1ccsc1)O2. The largest absolute Gasteiger partial charge is 0.390 e. The fraction of sp³-hybridized carbons (Fsp3) is 0.571. The molecule has 0 amide bonds. The fourth-order valence-electron chi connectivity index (χ4n) is 3.10. The van der Waals surface area contributed by atoms with E-state index in [1.807, 2.05) is 6.92 Å². The first-order valence-corrected chi connectivity index (χ1v) is 7.06. The van der Waals surface area contributed by atoms with Crippen LogP contribution in [0.15, 0.2) is 22.9 Å². The summed E-state index contributed by atoms with van der Waals surface area (Å²) >= 11 is 1.71. The molecule has 0 aromatic carbocycles. The standard InChI is InChI=1S/C14H18O2S/c1-9(2)14-7-12(15)13(3,16-14)6-11(14)10-4-5-17-8-10/h4-6,8-9,12,15H,7H2,1-3H3/t12-,13+,14-/m1/s1. The lowest BCUT2D eigenvalue weighted by Gasteiger charge is -2.32. The summed E-state index contributed by atoms with van der Waals surface area (Å²) in [6, 6.07) is 2.14. The first kappa shape index (κ1) is 11.5. The molecule has 0 saturated carbocycles. The lowest BCUT2D eigenvalue weighted by molar-refractivity contribution is -0.0621. The topological polar surface area (TPSA) is 29.5 Å². The number of fused-ring (bicyclic) bond motifs is 2. The van der Waals surface area contributed by atoms with Gasteiger partial charge in [-0.15, -0.1) is 0 Å². The minimum atomic E-state index is -0.498. The Morgan fingerprint density at radius 3 is 2.82 bits per heavy atom. The van der Waals surface area contributed by atoms with Crippen LogP contribution in [-0.2, 0) is 4.74 Å². The van der Waals surface area contributed by atoms with E-state index in [9.17, 15) is 5.11 Å². The Morgan fingerprint density at radius 1 is 1.53 bits per heavy atom. The average Bonchev–Trinajstić information content (AvgIpc) is 2.89. The van der Waals surface area contributed by atoms with Crippen molar-refractivity contribution in [2.45, 2.75) is 44.5 Å². The van der Waals surface area contributed by atoms with Crippen LogP contribution in [0, 0.1) is 5.92 Å². The van der Waals surface area contributed by atoms with E-state index in [4.69, 9.17) is 4.74 Å². The van der Waals surface area contributed by atoms with Crippen molar-refractivity contribution in [3.05, 3.63) is 28.5 Å². The first-order valence-electron chi connectivity index (χ1n) is 6.12. The second-order valence-electron chi connectivity index (χ2n) is 5.62. The van der Waals surface area contributed by atoms with Gasteiger partial charge in [0.2, 0.25) is 0 Å². The van der Waals surface area contributed by atoms with Gasteiger partial charge in [0.25, 0.3) is 0 Å². The molecule has 17 heavy (non-hydrogen) atoms. The zero-order valence-electron chi connectivity index (χ0n) is 10.4. The molecule has 1 aromatic rings. The molecule has 3 atom stereocenters. The Bertz CT molecular complexity index is 463. The van der Waals surface area contributed by atoms with E-state index in [2.05, 4.69) is 36.7 Å². The van der Waals surface area contributed by atoms with Crippen LogP contribution in [0.2, 0.25) is 0 Å². The van der Waals surface area contributed by atoms with Crippen molar-refractivity contribution >= 4 is 16.9 Å². The summed E-state index contributed by atoms with van der Waals surface area (Å²) in [6.07, 6.45) is 2.46. The van der Waals surface area contributed by atoms with Crippen LogP contribution in [0.3, 0.4) is 0 Å². The third-order valence-electron chi connectivity index (χ3n) is 4.21. The fourth-order valence-corrected chi connectivity index (χ4v) is 3.76. The van der Waals surface area contributed by atoms with Crippen molar-refractivity contribution in [3.8, 4) is 0 Å². The number of ether oxygens (including phenoxy) is 1. The monoisotopic (exact) mass is 250 g/mol. The van der Waals surface area contributed by atoms with E-state index in [0.717, 1.165) is 0 Å². The van der Waals surface area contributed by atoms with Gasteiger partial charge in [0.05, 0.1) is 11.7 Å². The van der Waals surface area contributed by atoms with Gasteiger partial charge in [0.15, 0.2) is 0 Å². The molecule has 3 rings (SSSR count). The maximum Gasteiger partial charge on any atom is 0.111 e. The van der Waals surface area contributed by atoms with E-state index in [1.54, 1.807) is 11.3 Å². The highest BCUT2D eigenvalue weighted by Crippen LogP contribution is 2.56. The summed E-state index contributed by atoms with van der Waals surface area (Å²) in [6.45, 7) is 6.33. The molecule has 92 valence electrons. The molecule has 0 radical (unpaired) electrons. The third kappa shape index (κ3) is 1.39. The molecule has 3 heteroatoms. The van der Waals surface area contributed by atoms with Gasteiger partial charge in [-0.3, -0.25) is 0 Å². The predicted molar refractivity (Wildman–Crippen MR) is 70.0 cm³/mol. The van der Waals surface area contributed by atoms with Crippen LogP contribution < -0.4 is 0 Å². The first-order chi connectivity index (χ1) is 7.98. The van der Waals surface area contributed by atoms with Crippen molar-refractivity contribution in [1.29, 1.82) is 0 Å². The number of hydrogen-bond acceptors (Lipinski definition) is 3. The minimum Gasteiger partial charge on any atom is -0.390 e. The van der Waals surface area contributed by atoms with Crippen LogP contribution in [0.25, 0.3) is 5.57 Å². The quantitative estimate of drug-likeness (QED) is 0.874. The van der Waals surface area contributed by atoms with Gasteiger partial charge in [-0.05, 0) is 46.9 Å². The highest BCUT2D eigenvalue weighted by molar-refractivity contribution is 7.08. The van der Waals surface area contributed by atoms with Gasteiger partial charge in [-0.25, -0.2) is 0 Å². The summed E-state index contributed by atoms with van der Waals surface area (Å²) in [7, 11) is 0. The molecule has 3 heterocycles. The van der Waals surface area contributed by atoms with Crippen LogP contribution >= 0.6 is 11.3 Å². The normalized spacial score (nSPS) is 40.1. The zero-order chi connectivity index (χ0) is 12.3. The van der Waals surface area contributed by atoms with Crippen LogP contribution in [-0.4, -0.2) is 22.4 Å². The molecule has 1 N–H and O–H groups in total. The Hall–Kier alpha value is -0.640. The maximum absolute atomic E-state index is 10.1. The van der Waals surface area contributed by atoms with Crippen LogP contribution in [0.1, 0.15) is 32.8 Å². The number of aliphatic hydroxyl groups excluding tert-OH is 1. The number of aliphatic hydroxyl groups is 1. The van der Waals surface area contributed by atoms with Gasteiger partial charge in [0, 0.05) is 6.42 Å². The van der Waals surface area contributed by atoms with Gasteiger partial charge >= 0.3 is 0 Å². The average molecular weight is 250 g/mol. The molecule has 0 aliphatic carbocycles. The van der Waals surface area contributed by atoms with E-state index in [0.29, 0.717) is 12.3 Å². The summed E-state index contributed by atoms with van der Waals surface area (Å²) in [5.41, 5.74) is 1.72. The van der Waals surface area contributed by atoms with E-state index in [1.165, 1.54) is 11.1 Å². The molecule has 1 fully saturated rings. The summed E-state index contributed by atoms with van der Waals surface area (Å²) in [5.74, 6) is 0.368. The maximum atomic E-state index is 10.1. The third-order valence-corrected chi connectivity index (χ3v) is 4.90. The minimum absolute atomic E-state index is 0.296. The van der Waals surface area contributed by atoms with Crippen molar-refractivity contribution < 1.29 is 9.84 Å². The highest BCUT2D eigenvalue weighted by Gasteiger charge is 2.60. The van der Waals surface area contributed by atoms with E-state index >= 15 is 0 Å². The summed E-state index contributed by atoms with van der Waals surface area (Å²) in [5, 5.41) is 14.4. The lowest BCUT2D eigenvalue weighted by Crippen LogP contribution is -2.35. The molecule has 0 spiro atoms. The molecule has 1 saturated heterocycles. The molecular formula is C14H18O2S. The predicted octanol–water partition coefficient (Wildman–Crippen LogP) is 3.08.